The van der Waals surface area contributed by atoms with Crippen molar-refractivity contribution in [3.05, 3.63) is 28.5 Å². The molecule has 0 aromatic carbocycles. The first-order chi connectivity index (χ1) is 7.74. The van der Waals surface area contributed by atoms with E-state index >= 15 is 0 Å². The van der Waals surface area contributed by atoms with Crippen LogP contribution in [-0.4, -0.2) is 15.2 Å². The topological polar surface area (TPSA) is 88.0 Å². The van der Waals surface area contributed by atoms with Gasteiger partial charge in [0.25, 0.3) is 5.89 Å². The van der Waals surface area contributed by atoms with Gasteiger partial charge in [0.1, 0.15) is 0 Å². The Labute approximate surface area is 91.4 Å². The first kappa shape index (κ1) is 10.5. The summed E-state index contributed by atoms with van der Waals surface area (Å²) in [6.07, 6.45) is 2.28. The van der Waals surface area contributed by atoms with Crippen LogP contribution in [-0.2, 0) is 13.0 Å². The number of hydrogen-bond donors (Lipinski definition) is 1. The van der Waals surface area contributed by atoms with Gasteiger partial charge in [-0.1, -0.05) is 12.1 Å². The quantitative estimate of drug-likeness (QED) is 0.617. The van der Waals surface area contributed by atoms with E-state index in [1.54, 1.807) is 17.8 Å². The Morgan fingerprint density at radius 3 is 3.00 bits per heavy atom. The van der Waals surface area contributed by atoms with Crippen LogP contribution in [0.5, 0.6) is 0 Å². The summed E-state index contributed by atoms with van der Waals surface area (Å²) in [5, 5.41) is 9.57. The van der Waals surface area contributed by atoms with E-state index < -0.39 is 0 Å². The highest BCUT2D eigenvalue weighted by atomic mass is 16.5. The molecule has 0 fully saturated rings. The van der Waals surface area contributed by atoms with Gasteiger partial charge in [-0.3, -0.25) is 0 Å². The van der Waals surface area contributed by atoms with E-state index in [-0.39, 0.29) is 0 Å². The standard InChI is InChI=1S/C9H11N5O2/c1-3-8-11-9(16-13-8)5-14-6(2)7(12-15)4-10-14/h4H,3,5H2,1-2H3/p+1. The van der Waals surface area contributed by atoms with E-state index in [4.69, 9.17) is 4.52 Å². The number of nitroso groups, excluding NO2 is 1. The maximum atomic E-state index is 10.4. The fourth-order valence-electron chi connectivity index (χ4n) is 1.37. The number of rotatable bonds is 4. The third kappa shape index (κ3) is 1.83. The number of nitrogens with zero attached hydrogens (tertiary/aromatic N) is 4. The molecular weight excluding hydrogens is 210 g/mol. The maximum absolute atomic E-state index is 10.4. The van der Waals surface area contributed by atoms with Gasteiger partial charge in [-0.25, -0.2) is 0 Å². The molecule has 0 unspecified atom stereocenters. The van der Waals surface area contributed by atoms with Crippen molar-refractivity contribution in [3.63, 3.8) is 0 Å². The summed E-state index contributed by atoms with van der Waals surface area (Å²) >= 11 is 0. The van der Waals surface area contributed by atoms with Crippen molar-refractivity contribution in [2.75, 3.05) is 0 Å². The van der Waals surface area contributed by atoms with E-state index in [1.807, 2.05) is 6.92 Å². The molecule has 2 aromatic rings. The Morgan fingerprint density at radius 1 is 1.62 bits per heavy atom. The van der Waals surface area contributed by atoms with Crippen molar-refractivity contribution in [1.82, 2.24) is 15.2 Å². The number of aryl methyl sites for hydroxylation is 1. The molecule has 2 aromatic heterocycles. The summed E-state index contributed by atoms with van der Waals surface area (Å²) in [6.45, 7) is 4.16. The van der Waals surface area contributed by atoms with Crippen molar-refractivity contribution in [2.24, 2.45) is 5.18 Å². The molecule has 0 radical (unpaired) electrons. The molecule has 2 rings (SSSR count). The Kier molecular flexibility index (Phi) is 2.76. The maximum Gasteiger partial charge on any atom is 0.295 e. The molecular formula is C9H12N5O2+. The average molecular weight is 222 g/mol. The summed E-state index contributed by atoms with van der Waals surface area (Å²) < 4.78 is 6.77. The number of nitrogens with one attached hydrogen (secondary N) is 1. The third-order valence-corrected chi connectivity index (χ3v) is 2.35. The highest BCUT2D eigenvalue weighted by Gasteiger charge is 2.18. The molecule has 7 heteroatoms. The fraction of sp³-hybridized carbons (Fsp3) is 0.444. The molecule has 1 N–H and O–H groups in total. The Morgan fingerprint density at radius 2 is 2.44 bits per heavy atom. The zero-order valence-corrected chi connectivity index (χ0v) is 9.10. The molecule has 0 aliphatic heterocycles. The second kappa shape index (κ2) is 4.21. The normalized spacial score (nSPS) is 10.6. The lowest BCUT2D eigenvalue weighted by molar-refractivity contribution is -0.749. The lowest BCUT2D eigenvalue weighted by Gasteiger charge is -1.88. The zero-order valence-electron chi connectivity index (χ0n) is 9.10. The van der Waals surface area contributed by atoms with Crippen LogP contribution in [0.15, 0.2) is 15.9 Å². The van der Waals surface area contributed by atoms with Gasteiger partial charge in [0, 0.05) is 13.3 Å². The van der Waals surface area contributed by atoms with Gasteiger partial charge in [-0.05, 0) is 5.18 Å². The minimum absolute atomic E-state index is 0.384. The van der Waals surface area contributed by atoms with Crippen molar-refractivity contribution < 1.29 is 9.20 Å². The van der Waals surface area contributed by atoms with Gasteiger partial charge in [-0.2, -0.15) is 10.1 Å². The second-order valence-electron chi connectivity index (χ2n) is 3.38. The molecule has 0 bridgehead atoms. The van der Waals surface area contributed by atoms with Crippen molar-refractivity contribution >= 4 is 5.69 Å². The average Bonchev–Trinajstić information content (AvgIpc) is 2.88. The molecule has 0 aliphatic carbocycles. The number of H-pyrrole nitrogens is 1. The molecule has 16 heavy (non-hydrogen) atoms. The molecule has 84 valence electrons. The van der Waals surface area contributed by atoms with Crippen LogP contribution in [0.25, 0.3) is 0 Å². The fourth-order valence-corrected chi connectivity index (χ4v) is 1.37. The molecule has 0 spiro atoms. The van der Waals surface area contributed by atoms with Gasteiger partial charge in [-0.15, -0.1) is 9.59 Å². The van der Waals surface area contributed by atoms with E-state index in [0.717, 1.165) is 12.1 Å². The zero-order chi connectivity index (χ0) is 11.5. The summed E-state index contributed by atoms with van der Waals surface area (Å²) in [7, 11) is 0. The summed E-state index contributed by atoms with van der Waals surface area (Å²) in [4.78, 5) is 14.6. The molecule has 0 saturated carbocycles. The highest BCUT2D eigenvalue weighted by Crippen LogP contribution is 2.12. The molecule has 0 aliphatic rings. The Hall–Kier alpha value is -2.05. The van der Waals surface area contributed by atoms with E-state index in [0.29, 0.717) is 23.9 Å². The van der Waals surface area contributed by atoms with Crippen molar-refractivity contribution in [3.8, 4) is 0 Å². The van der Waals surface area contributed by atoms with Crippen LogP contribution in [0.1, 0.15) is 24.3 Å². The molecule has 0 amide bonds. The predicted molar refractivity (Wildman–Crippen MR) is 54.0 cm³/mol. The minimum Gasteiger partial charge on any atom is -0.332 e. The lowest BCUT2D eigenvalue weighted by atomic mass is 10.4. The number of aromatic nitrogens is 4. The smallest absolute Gasteiger partial charge is 0.295 e. The summed E-state index contributed by atoms with van der Waals surface area (Å²) in [5.74, 6) is 1.18. The Bertz CT molecular complexity index is 502. The summed E-state index contributed by atoms with van der Waals surface area (Å²) in [6, 6.07) is 0. The monoisotopic (exact) mass is 222 g/mol. The first-order valence-electron chi connectivity index (χ1n) is 4.97. The van der Waals surface area contributed by atoms with Crippen LogP contribution in [0.4, 0.5) is 5.69 Å². The predicted octanol–water partition coefficient (Wildman–Crippen LogP) is 1.00. The SMILES string of the molecule is CCc1noc(C[n+]2[nH]cc(N=O)c2C)n1. The second-order valence-corrected chi connectivity index (χ2v) is 3.38. The van der Waals surface area contributed by atoms with Crippen LogP contribution in [0, 0.1) is 11.8 Å². The highest BCUT2D eigenvalue weighted by molar-refractivity contribution is 5.34. The molecule has 0 saturated heterocycles. The van der Waals surface area contributed by atoms with Gasteiger partial charge in [0.05, 0.1) is 6.20 Å². The van der Waals surface area contributed by atoms with Crippen molar-refractivity contribution in [1.29, 1.82) is 0 Å². The van der Waals surface area contributed by atoms with Gasteiger partial charge < -0.3 is 4.52 Å². The lowest BCUT2D eigenvalue weighted by Crippen LogP contribution is -2.38. The van der Waals surface area contributed by atoms with Crippen LogP contribution in [0.3, 0.4) is 0 Å². The van der Waals surface area contributed by atoms with Gasteiger partial charge >= 0.3 is 0 Å². The van der Waals surface area contributed by atoms with E-state index in [2.05, 4.69) is 20.4 Å². The largest absolute Gasteiger partial charge is 0.332 e. The molecule has 0 atom stereocenters. The Balaban J connectivity index is 2.20. The van der Waals surface area contributed by atoms with Crippen LogP contribution in [0.2, 0.25) is 0 Å². The third-order valence-electron chi connectivity index (χ3n) is 2.35. The number of hydrogen-bond acceptors (Lipinski definition) is 5. The van der Waals surface area contributed by atoms with E-state index in [9.17, 15) is 4.91 Å². The van der Waals surface area contributed by atoms with E-state index in [1.165, 1.54) is 0 Å². The molecule has 2 heterocycles. The molecule has 7 nitrogen and oxygen atoms in total. The van der Waals surface area contributed by atoms with Crippen LogP contribution >= 0.6 is 0 Å². The first-order valence-corrected chi connectivity index (χ1v) is 4.97. The minimum atomic E-state index is 0.384. The van der Waals surface area contributed by atoms with Gasteiger partial charge in [0.15, 0.2) is 11.5 Å². The van der Waals surface area contributed by atoms with Crippen LogP contribution < -0.4 is 4.68 Å². The number of aromatic amines is 1. The summed E-state index contributed by atoms with van der Waals surface area (Å²) in [5.41, 5.74) is 1.13. The van der Waals surface area contributed by atoms with Crippen molar-refractivity contribution in [2.45, 2.75) is 26.8 Å². The van der Waals surface area contributed by atoms with Gasteiger partial charge in [0.2, 0.25) is 12.2 Å².